The molecule has 0 spiro atoms. The van der Waals surface area contributed by atoms with Crippen LogP contribution in [0.3, 0.4) is 0 Å². The van der Waals surface area contributed by atoms with Crippen LogP contribution in [0.4, 0.5) is 0 Å². The first-order valence-electron chi connectivity index (χ1n) is 5.95. The first kappa shape index (κ1) is 13.6. The van der Waals surface area contributed by atoms with E-state index in [4.69, 9.17) is 0 Å². The number of aryl methyl sites for hydroxylation is 1. The Bertz CT molecular complexity index is 488. The second-order valence-corrected chi connectivity index (χ2v) is 4.41. The van der Waals surface area contributed by atoms with Gasteiger partial charge in [0.05, 0.1) is 12.1 Å². The first-order valence-corrected chi connectivity index (χ1v) is 5.95. The molecular formula is C13H21N3O. The largest absolute Gasteiger partial charge is 0.394 e. The fourth-order valence-electron chi connectivity index (χ4n) is 1.66. The SMILES string of the molecule is CC.Cc1cn(C(C)(C)CO)c2ncncc12. The smallest absolute Gasteiger partial charge is 0.144 e. The summed E-state index contributed by atoms with van der Waals surface area (Å²) in [7, 11) is 0. The average Bonchev–Trinajstić information content (AvgIpc) is 2.71. The molecule has 1 N–H and O–H groups in total. The van der Waals surface area contributed by atoms with Crippen molar-refractivity contribution in [3.8, 4) is 0 Å². The van der Waals surface area contributed by atoms with E-state index in [0.29, 0.717) is 0 Å². The third kappa shape index (κ3) is 2.47. The van der Waals surface area contributed by atoms with Crippen LogP contribution in [-0.4, -0.2) is 26.2 Å². The Morgan fingerprint density at radius 2 is 2.00 bits per heavy atom. The van der Waals surface area contributed by atoms with E-state index in [0.717, 1.165) is 16.6 Å². The summed E-state index contributed by atoms with van der Waals surface area (Å²) in [6.45, 7) is 10.1. The van der Waals surface area contributed by atoms with E-state index in [1.54, 1.807) is 0 Å². The van der Waals surface area contributed by atoms with Crippen molar-refractivity contribution in [3.05, 3.63) is 24.3 Å². The molecule has 2 aromatic rings. The maximum Gasteiger partial charge on any atom is 0.144 e. The number of aromatic nitrogens is 3. The van der Waals surface area contributed by atoms with Crippen molar-refractivity contribution in [1.29, 1.82) is 0 Å². The lowest BCUT2D eigenvalue weighted by Gasteiger charge is -2.24. The van der Waals surface area contributed by atoms with Crippen LogP contribution in [0, 0.1) is 6.92 Å². The highest BCUT2D eigenvalue weighted by Gasteiger charge is 2.22. The van der Waals surface area contributed by atoms with Gasteiger partial charge in [0.1, 0.15) is 12.0 Å². The Balaban J connectivity index is 0.000000686. The van der Waals surface area contributed by atoms with Crippen LogP contribution < -0.4 is 0 Å². The summed E-state index contributed by atoms with van der Waals surface area (Å²) >= 11 is 0. The lowest BCUT2D eigenvalue weighted by molar-refractivity contribution is 0.168. The van der Waals surface area contributed by atoms with Crippen LogP contribution in [0.15, 0.2) is 18.7 Å². The van der Waals surface area contributed by atoms with E-state index in [-0.39, 0.29) is 12.1 Å². The van der Waals surface area contributed by atoms with Crippen LogP contribution in [-0.2, 0) is 5.54 Å². The minimum absolute atomic E-state index is 0.0836. The molecule has 0 radical (unpaired) electrons. The lowest BCUT2D eigenvalue weighted by atomic mass is 10.1. The molecule has 2 aromatic heterocycles. The van der Waals surface area contributed by atoms with Gasteiger partial charge < -0.3 is 9.67 Å². The summed E-state index contributed by atoms with van der Waals surface area (Å²) in [5, 5.41) is 10.4. The zero-order chi connectivity index (χ0) is 13.1. The molecule has 0 unspecified atom stereocenters. The minimum atomic E-state index is -0.332. The Morgan fingerprint density at radius 3 is 2.59 bits per heavy atom. The number of fused-ring (bicyclic) bond motifs is 1. The molecule has 0 aliphatic heterocycles. The van der Waals surface area contributed by atoms with E-state index in [9.17, 15) is 5.11 Å². The van der Waals surface area contributed by atoms with Gasteiger partial charge in [-0.3, -0.25) is 0 Å². The molecule has 2 rings (SSSR count). The van der Waals surface area contributed by atoms with Gasteiger partial charge in [-0.2, -0.15) is 0 Å². The fraction of sp³-hybridized carbons (Fsp3) is 0.538. The predicted molar refractivity (Wildman–Crippen MR) is 70.0 cm³/mol. The molecule has 0 aliphatic carbocycles. The van der Waals surface area contributed by atoms with E-state index < -0.39 is 0 Å². The summed E-state index contributed by atoms with van der Waals surface area (Å²) in [5.74, 6) is 0. The molecule has 0 saturated carbocycles. The topological polar surface area (TPSA) is 50.9 Å². The normalized spacial score (nSPS) is 11.2. The Kier molecular flexibility index (Phi) is 4.23. The number of hydrogen-bond donors (Lipinski definition) is 1. The van der Waals surface area contributed by atoms with Crippen molar-refractivity contribution in [2.45, 2.75) is 40.2 Å². The molecule has 17 heavy (non-hydrogen) atoms. The number of hydrogen-bond acceptors (Lipinski definition) is 3. The molecule has 4 heteroatoms. The molecule has 4 nitrogen and oxygen atoms in total. The monoisotopic (exact) mass is 235 g/mol. The van der Waals surface area contributed by atoms with Gasteiger partial charge in [0.15, 0.2) is 0 Å². The quantitative estimate of drug-likeness (QED) is 0.870. The van der Waals surface area contributed by atoms with Crippen molar-refractivity contribution < 1.29 is 5.11 Å². The molecule has 2 heterocycles. The lowest BCUT2D eigenvalue weighted by Crippen LogP contribution is -2.29. The molecule has 0 aliphatic rings. The van der Waals surface area contributed by atoms with Crippen molar-refractivity contribution in [2.75, 3.05) is 6.61 Å². The predicted octanol–water partition coefficient (Wildman–Crippen LogP) is 2.49. The number of nitrogens with zero attached hydrogens (tertiary/aromatic N) is 3. The third-order valence-corrected chi connectivity index (χ3v) is 2.71. The van der Waals surface area contributed by atoms with Crippen molar-refractivity contribution in [3.63, 3.8) is 0 Å². The average molecular weight is 235 g/mol. The van der Waals surface area contributed by atoms with Crippen LogP contribution >= 0.6 is 0 Å². The van der Waals surface area contributed by atoms with E-state index in [1.807, 2.05) is 51.6 Å². The van der Waals surface area contributed by atoms with Gasteiger partial charge in [-0.1, -0.05) is 13.8 Å². The standard InChI is InChI=1S/C11H15N3O.C2H6/c1-8-5-14(11(2,3)6-15)10-9(8)4-12-7-13-10;1-2/h4-5,7,15H,6H2,1-3H3;1-2H3. The number of aliphatic hydroxyl groups excluding tert-OH is 1. The van der Waals surface area contributed by atoms with Crippen LogP contribution in [0.5, 0.6) is 0 Å². The van der Waals surface area contributed by atoms with Crippen LogP contribution in [0.1, 0.15) is 33.3 Å². The second kappa shape index (κ2) is 5.27. The van der Waals surface area contributed by atoms with Gasteiger partial charge in [0.25, 0.3) is 0 Å². The van der Waals surface area contributed by atoms with Crippen LogP contribution in [0.2, 0.25) is 0 Å². The highest BCUT2D eigenvalue weighted by molar-refractivity contribution is 5.79. The zero-order valence-corrected chi connectivity index (χ0v) is 11.2. The molecule has 94 valence electrons. The number of aliphatic hydroxyl groups is 1. The third-order valence-electron chi connectivity index (χ3n) is 2.71. The number of rotatable bonds is 2. The summed E-state index contributed by atoms with van der Waals surface area (Å²) in [4.78, 5) is 8.26. The summed E-state index contributed by atoms with van der Waals surface area (Å²) < 4.78 is 2.00. The minimum Gasteiger partial charge on any atom is -0.394 e. The maximum atomic E-state index is 9.35. The van der Waals surface area contributed by atoms with Crippen molar-refractivity contribution in [2.24, 2.45) is 0 Å². The first-order chi connectivity index (χ1) is 8.06. The highest BCUT2D eigenvalue weighted by Crippen LogP contribution is 2.24. The second-order valence-electron chi connectivity index (χ2n) is 4.41. The van der Waals surface area contributed by atoms with E-state index >= 15 is 0 Å². The van der Waals surface area contributed by atoms with E-state index in [2.05, 4.69) is 9.97 Å². The van der Waals surface area contributed by atoms with Gasteiger partial charge in [0, 0.05) is 17.8 Å². The summed E-state index contributed by atoms with van der Waals surface area (Å²) in [5.41, 5.74) is 1.68. The van der Waals surface area contributed by atoms with Gasteiger partial charge in [-0.05, 0) is 26.3 Å². The van der Waals surface area contributed by atoms with Gasteiger partial charge in [-0.25, -0.2) is 9.97 Å². The van der Waals surface area contributed by atoms with E-state index in [1.165, 1.54) is 6.33 Å². The van der Waals surface area contributed by atoms with Crippen LogP contribution in [0.25, 0.3) is 11.0 Å². The Morgan fingerprint density at radius 1 is 1.35 bits per heavy atom. The fourth-order valence-corrected chi connectivity index (χ4v) is 1.66. The molecule has 0 amide bonds. The Hall–Kier alpha value is -1.42. The molecular weight excluding hydrogens is 214 g/mol. The molecule has 0 bridgehead atoms. The summed E-state index contributed by atoms with van der Waals surface area (Å²) in [6, 6.07) is 0. The molecule has 0 fully saturated rings. The molecule has 0 saturated heterocycles. The van der Waals surface area contributed by atoms with Crippen molar-refractivity contribution >= 4 is 11.0 Å². The highest BCUT2D eigenvalue weighted by atomic mass is 16.3. The maximum absolute atomic E-state index is 9.35. The van der Waals surface area contributed by atoms with Crippen molar-refractivity contribution in [1.82, 2.24) is 14.5 Å². The summed E-state index contributed by atoms with van der Waals surface area (Å²) in [6.07, 6.45) is 5.35. The molecule has 0 aromatic carbocycles. The van der Waals surface area contributed by atoms with Gasteiger partial charge in [0.2, 0.25) is 0 Å². The molecule has 0 atom stereocenters. The zero-order valence-electron chi connectivity index (χ0n) is 11.2. The Labute approximate surface area is 102 Å². The van der Waals surface area contributed by atoms with Gasteiger partial charge >= 0.3 is 0 Å². The van der Waals surface area contributed by atoms with Gasteiger partial charge in [-0.15, -0.1) is 0 Å².